The molecular formula is C14H14OS. The van der Waals surface area contributed by atoms with Gasteiger partial charge in [-0.1, -0.05) is 38.1 Å². The summed E-state index contributed by atoms with van der Waals surface area (Å²) in [6.07, 6.45) is 0. The molecule has 0 spiro atoms. The normalized spacial score (nSPS) is 11.6. The first-order chi connectivity index (χ1) is 7.77. The molecule has 1 aliphatic carbocycles. The van der Waals surface area contributed by atoms with Crippen molar-refractivity contribution >= 4 is 17.1 Å². The Morgan fingerprint density at radius 2 is 1.62 bits per heavy atom. The molecule has 0 radical (unpaired) electrons. The number of ketones is 1. The maximum atomic E-state index is 11.9. The first-order valence-corrected chi connectivity index (χ1v) is 6.33. The second-order valence-electron chi connectivity index (χ2n) is 3.47. The monoisotopic (exact) mass is 230 g/mol. The van der Waals surface area contributed by atoms with Crippen LogP contribution in [0, 0.1) is 6.92 Å². The molecule has 1 heterocycles. The Bertz CT molecular complexity index is 537. The molecule has 1 aromatic heterocycles. The number of carbonyl (C=O) groups excluding carboxylic acids is 1. The molecule has 0 saturated heterocycles. The van der Waals surface area contributed by atoms with Crippen LogP contribution < -0.4 is 0 Å². The predicted octanol–water partition coefficient (Wildman–Crippen LogP) is 4.29. The van der Waals surface area contributed by atoms with Gasteiger partial charge in [-0.3, -0.25) is 4.79 Å². The largest absolute Gasteiger partial charge is 0.288 e. The number of fused-ring (bicyclic) bond motifs is 3. The number of aryl methyl sites for hydroxylation is 1. The molecule has 0 amide bonds. The van der Waals surface area contributed by atoms with Crippen LogP contribution in [0.25, 0.3) is 11.1 Å². The van der Waals surface area contributed by atoms with Crippen LogP contribution in [0.1, 0.15) is 34.0 Å². The number of carbonyl (C=O) groups is 1. The zero-order valence-corrected chi connectivity index (χ0v) is 10.5. The highest BCUT2D eigenvalue weighted by atomic mass is 32.1. The van der Waals surface area contributed by atoms with E-state index < -0.39 is 0 Å². The van der Waals surface area contributed by atoms with E-state index in [2.05, 4.69) is 6.07 Å². The van der Waals surface area contributed by atoms with Gasteiger partial charge in [-0.25, -0.2) is 0 Å². The second kappa shape index (κ2) is 4.22. The zero-order valence-electron chi connectivity index (χ0n) is 9.70. The molecule has 0 saturated carbocycles. The van der Waals surface area contributed by atoms with Gasteiger partial charge in [0, 0.05) is 16.0 Å². The number of benzene rings is 1. The van der Waals surface area contributed by atoms with Crippen molar-refractivity contribution in [3.8, 4) is 11.1 Å². The molecule has 2 aromatic rings. The summed E-state index contributed by atoms with van der Waals surface area (Å²) in [7, 11) is 0. The fourth-order valence-electron chi connectivity index (χ4n) is 1.92. The third kappa shape index (κ3) is 1.50. The lowest BCUT2D eigenvalue weighted by atomic mass is 10.1. The third-order valence-corrected chi connectivity index (χ3v) is 3.57. The van der Waals surface area contributed by atoms with Gasteiger partial charge < -0.3 is 0 Å². The van der Waals surface area contributed by atoms with Gasteiger partial charge in [0.25, 0.3) is 0 Å². The summed E-state index contributed by atoms with van der Waals surface area (Å²) in [6.45, 7) is 6.04. The Hall–Kier alpha value is -1.41. The van der Waals surface area contributed by atoms with Gasteiger partial charge in [0.2, 0.25) is 5.78 Å². The summed E-state index contributed by atoms with van der Waals surface area (Å²) in [5.41, 5.74) is 3.07. The molecule has 0 aliphatic heterocycles. The van der Waals surface area contributed by atoms with E-state index >= 15 is 0 Å². The van der Waals surface area contributed by atoms with Crippen LogP contribution in [-0.2, 0) is 0 Å². The van der Waals surface area contributed by atoms with Crippen LogP contribution >= 0.6 is 11.3 Å². The van der Waals surface area contributed by atoms with Gasteiger partial charge in [-0.15, -0.1) is 11.3 Å². The second-order valence-corrected chi connectivity index (χ2v) is 4.73. The van der Waals surface area contributed by atoms with E-state index in [1.807, 2.05) is 45.0 Å². The van der Waals surface area contributed by atoms with Gasteiger partial charge in [0.15, 0.2) is 0 Å². The van der Waals surface area contributed by atoms with Gasteiger partial charge in [-0.05, 0) is 18.6 Å². The first-order valence-electron chi connectivity index (χ1n) is 5.52. The Morgan fingerprint density at radius 3 is 2.31 bits per heavy atom. The summed E-state index contributed by atoms with van der Waals surface area (Å²) in [5, 5.41) is 0. The minimum absolute atomic E-state index is 0.189. The van der Waals surface area contributed by atoms with Crippen molar-refractivity contribution < 1.29 is 4.79 Å². The molecule has 1 aromatic carbocycles. The average molecular weight is 230 g/mol. The standard InChI is InChI=1S/C12H8OS.C2H6/c1-7-6-10-8-4-2-3-5-9(8)11(13)12(10)14-7;1-2/h2-6H,1H3;1-2H3. The van der Waals surface area contributed by atoms with E-state index in [1.54, 1.807) is 11.3 Å². The molecule has 0 fully saturated rings. The van der Waals surface area contributed by atoms with E-state index in [-0.39, 0.29) is 5.78 Å². The van der Waals surface area contributed by atoms with Crippen LogP contribution in [0.15, 0.2) is 30.3 Å². The van der Waals surface area contributed by atoms with Crippen molar-refractivity contribution in [2.24, 2.45) is 0 Å². The minimum Gasteiger partial charge on any atom is -0.288 e. The molecule has 0 atom stereocenters. The van der Waals surface area contributed by atoms with Crippen molar-refractivity contribution in [1.82, 2.24) is 0 Å². The summed E-state index contributed by atoms with van der Waals surface area (Å²) < 4.78 is 0. The number of hydrogen-bond donors (Lipinski definition) is 0. The molecule has 16 heavy (non-hydrogen) atoms. The highest BCUT2D eigenvalue weighted by Gasteiger charge is 2.27. The first kappa shape index (κ1) is 11.1. The van der Waals surface area contributed by atoms with Crippen molar-refractivity contribution in [3.63, 3.8) is 0 Å². The molecular weight excluding hydrogens is 216 g/mol. The topological polar surface area (TPSA) is 17.1 Å². The van der Waals surface area contributed by atoms with Gasteiger partial charge >= 0.3 is 0 Å². The maximum Gasteiger partial charge on any atom is 0.204 e. The van der Waals surface area contributed by atoms with E-state index in [4.69, 9.17) is 0 Å². The van der Waals surface area contributed by atoms with E-state index in [0.717, 1.165) is 21.6 Å². The Kier molecular flexibility index (Phi) is 2.92. The van der Waals surface area contributed by atoms with Crippen LogP contribution in [0.3, 0.4) is 0 Å². The molecule has 2 heteroatoms. The maximum absolute atomic E-state index is 11.9. The summed E-state index contributed by atoms with van der Waals surface area (Å²) in [6, 6.07) is 9.92. The van der Waals surface area contributed by atoms with Crippen LogP contribution in [0.4, 0.5) is 0 Å². The van der Waals surface area contributed by atoms with Crippen molar-refractivity contribution in [2.45, 2.75) is 20.8 Å². The lowest BCUT2D eigenvalue weighted by Crippen LogP contribution is -1.91. The fourth-order valence-corrected chi connectivity index (χ4v) is 2.90. The highest BCUT2D eigenvalue weighted by Crippen LogP contribution is 2.40. The Labute approximate surface area is 99.8 Å². The fraction of sp³-hybridized carbons (Fsp3) is 0.214. The van der Waals surface area contributed by atoms with E-state index in [1.165, 1.54) is 4.88 Å². The quantitative estimate of drug-likeness (QED) is 0.563. The van der Waals surface area contributed by atoms with Gasteiger partial charge in [-0.2, -0.15) is 0 Å². The lowest BCUT2D eigenvalue weighted by Gasteiger charge is -1.95. The van der Waals surface area contributed by atoms with Gasteiger partial charge in [0.1, 0.15) is 0 Å². The highest BCUT2D eigenvalue weighted by molar-refractivity contribution is 7.15. The third-order valence-electron chi connectivity index (χ3n) is 2.52. The molecule has 1 nitrogen and oxygen atoms in total. The number of rotatable bonds is 0. The molecule has 3 rings (SSSR count). The number of hydrogen-bond acceptors (Lipinski definition) is 2. The Balaban J connectivity index is 0.000000457. The average Bonchev–Trinajstić information content (AvgIpc) is 2.82. The molecule has 0 unspecified atom stereocenters. The van der Waals surface area contributed by atoms with Crippen molar-refractivity contribution in [1.29, 1.82) is 0 Å². The number of thiophene rings is 1. The zero-order chi connectivity index (χ0) is 11.7. The van der Waals surface area contributed by atoms with Crippen molar-refractivity contribution in [3.05, 3.63) is 45.6 Å². The predicted molar refractivity (Wildman–Crippen MR) is 69.3 cm³/mol. The summed E-state index contributed by atoms with van der Waals surface area (Å²) in [5.74, 6) is 0.189. The summed E-state index contributed by atoms with van der Waals surface area (Å²) in [4.78, 5) is 14.0. The molecule has 82 valence electrons. The van der Waals surface area contributed by atoms with E-state index in [0.29, 0.717) is 0 Å². The minimum atomic E-state index is 0.189. The van der Waals surface area contributed by atoms with Crippen LogP contribution in [-0.4, -0.2) is 5.78 Å². The SMILES string of the molecule is CC.Cc1cc2c(s1)C(=O)c1ccccc1-2. The van der Waals surface area contributed by atoms with Gasteiger partial charge in [0.05, 0.1) is 4.88 Å². The smallest absolute Gasteiger partial charge is 0.204 e. The molecule has 1 aliphatic rings. The van der Waals surface area contributed by atoms with Crippen LogP contribution in [0.5, 0.6) is 0 Å². The Morgan fingerprint density at radius 1 is 1.00 bits per heavy atom. The van der Waals surface area contributed by atoms with Crippen LogP contribution in [0.2, 0.25) is 0 Å². The van der Waals surface area contributed by atoms with E-state index in [9.17, 15) is 4.79 Å². The summed E-state index contributed by atoms with van der Waals surface area (Å²) >= 11 is 1.59. The molecule has 0 bridgehead atoms. The van der Waals surface area contributed by atoms with Crippen molar-refractivity contribution in [2.75, 3.05) is 0 Å². The lowest BCUT2D eigenvalue weighted by molar-refractivity contribution is 0.104. The molecule has 0 N–H and O–H groups in total.